The van der Waals surface area contributed by atoms with Gasteiger partial charge in [0.2, 0.25) is 0 Å². The molecule has 2 heterocycles. The van der Waals surface area contributed by atoms with Crippen LogP contribution in [-0.4, -0.2) is 23.0 Å². The van der Waals surface area contributed by atoms with Gasteiger partial charge in [0.25, 0.3) is 0 Å². The van der Waals surface area contributed by atoms with Crippen LogP contribution in [0.2, 0.25) is 0 Å². The fraction of sp³-hybridized carbons (Fsp3) is 0.364. The van der Waals surface area contributed by atoms with E-state index in [2.05, 4.69) is 23.4 Å². The van der Waals surface area contributed by atoms with E-state index in [0.717, 1.165) is 30.4 Å². The predicted molar refractivity (Wildman–Crippen MR) is 54.0 cm³/mol. The molecule has 1 saturated heterocycles. The summed E-state index contributed by atoms with van der Waals surface area (Å²) >= 11 is 0. The van der Waals surface area contributed by atoms with Crippen molar-refractivity contribution in [3.05, 3.63) is 36.7 Å². The molecule has 0 spiro atoms. The van der Waals surface area contributed by atoms with Crippen LogP contribution in [0.15, 0.2) is 31.0 Å². The van der Waals surface area contributed by atoms with Crippen LogP contribution in [0.25, 0.3) is 5.70 Å². The molecule has 1 aliphatic heterocycles. The average molecular weight is 174 g/mol. The van der Waals surface area contributed by atoms with Gasteiger partial charge in [0.15, 0.2) is 0 Å². The molecule has 2 rings (SSSR count). The van der Waals surface area contributed by atoms with E-state index < -0.39 is 0 Å². The van der Waals surface area contributed by atoms with E-state index >= 15 is 0 Å². The average Bonchev–Trinajstić information content (AvgIpc) is 2.13. The van der Waals surface area contributed by atoms with E-state index in [0.29, 0.717) is 0 Å². The highest BCUT2D eigenvalue weighted by atomic mass is 15.2. The third-order valence-electron chi connectivity index (χ3n) is 2.41. The highest BCUT2D eigenvalue weighted by Crippen LogP contribution is 2.24. The fourth-order valence-electron chi connectivity index (χ4n) is 1.61. The minimum Gasteiger partial charge on any atom is -0.370 e. The summed E-state index contributed by atoms with van der Waals surface area (Å²) in [5.74, 6) is 0.806. The summed E-state index contributed by atoms with van der Waals surface area (Å²) in [6.45, 7) is 8.54. The Morgan fingerprint density at radius 1 is 1.54 bits per heavy atom. The van der Waals surface area contributed by atoms with E-state index in [1.807, 2.05) is 24.4 Å². The minimum atomic E-state index is 0.806. The van der Waals surface area contributed by atoms with Crippen LogP contribution in [0, 0.1) is 5.92 Å². The summed E-state index contributed by atoms with van der Waals surface area (Å²) in [6, 6.07) is 5.93. The number of pyridine rings is 1. The van der Waals surface area contributed by atoms with Crippen LogP contribution in [0.5, 0.6) is 0 Å². The second-order valence-corrected chi connectivity index (χ2v) is 3.67. The zero-order chi connectivity index (χ0) is 9.26. The molecule has 0 aliphatic carbocycles. The van der Waals surface area contributed by atoms with Crippen molar-refractivity contribution in [3.63, 3.8) is 0 Å². The van der Waals surface area contributed by atoms with E-state index in [1.165, 1.54) is 0 Å². The van der Waals surface area contributed by atoms with E-state index in [4.69, 9.17) is 0 Å². The molecular weight excluding hydrogens is 160 g/mol. The molecule has 0 unspecified atom stereocenters. The molecule has 68 valence electrons. The van der Waals surface area contributed by atoms with Crippen molar-refractivity contribution < 1.29 is 0 Å². The fourth-order valence-corrected chi connectivity index (χ4v) is 1.61. The Balaban J connectivity index is 2.06. The van der Waals surface area contributed by atoms with Crippen molar-refractivity contribution in [2.45, 2.75) is 6.92 Å². The van der Waals surface area contributed by atoms with Crippen molar-refractivity contribution in [2.24, 2.45) is 5.92 Å². The molecule has 0 amide bonds. The summed E-state index contributed by atoms with van der Waals surface area (Å²) in [6.07, 6.45) is 1.81. The quantitative estimate of drug-likeness (QED) is 0.681. The molecule has 0 saturated carbocycles. The zero-order valence-electron chi connectivity index (χ0n) is 7.90. The molecule has 2 nitrogen and oxygen atoms in total. The van der Waals surface area contributed by atoms with Crippen molar-refractivity contribution >= 4 is 5.70 Å². The molecule has 0 aromatic carbocycles. The van der Waals surface area contributed by atoms with Gasteiger partial charge in [-0.05, 0) is 18.1 Å². The third-order valence-corrected chi connectivity index (χ3v) is 2.41. The molecule has 1 fully saturated rings. The van der Waals surface area contributed by atoms with E-state index in [-0.39, 0.29) is 0 Å². The standard InChI is InChI=1S/C11H14N2/c1-9-7-13(8-9)10(2)11-5-3-4-6-12-11/h3-6,9H,2,7-8H2,1H3. The largest absolute Gasteiger partial charge is 0.370 e. The van der Waals surface area contributed by atoms with E-state index in [9.17, 15) is 0 Å². The van der Waals surface area contributed by atoms with Gasteiger partial charge in [-0.2, -0.15) is 0 Å². The second kappa shape index (κ2) is 3.21. The zero-order valence-corrected chi connectivity index (χ0v) is 7.90. The summed E-state index contributed by atoms with van der Waals surface area (Å²) < 4.78 is 0. The molecule has 0 atom stereocenters. The number of nitrogens with zero attached hydrogens (tertiary/aromatic N) is 2. The van der Waals surface area contributed by atoms with Gasteiger partial charge in [0, 0.05) is 19.3 Å². The Hall–Kier alpha value is -1.31. The third kappa shape index (κ3) is 1.57. The normalized spacial score (nSPS) is 16.8. The summed E-state index contributed by atoms with van der Waals surface area (Å²) in [4.78, 5) is 6.54. The molecule has 0 N–H and O–H groups in total. The Morgan fingerprint density at radius 2 is 2.31 bits per heavy atom. The molecule has 1 aromatic rings. The first-order valence-electron chi connectivity index (χ1n) is 4.62. The number of hydrogen-bond donors (Lipinski definition) is 0. The Bertz CT molecular complexity index is 299. The maximum atomic E-state index is 4.27. The molecule has 0 bridgehead atoms. The lowest BCUT2D eigenvalue weighted by atomic mass is 10.0. The minimum absolute atomic E-state index is 0.806. The summed E-state index contributed by atoms with van der Waals surface area (Å²) in [5, 5.41) is 0. The number of hydrogen-bond acceptors (Lipinski definition) is 2. The number of likely N-dealkylation sites (tertiary alicyclic amines) is 1. The molecule has 13 heavy (non-hydrogen) atoms. The molecule has 0 radical (unpaired) electrons. The van der Waals surface area contributed by atoms with Crippen LogP contribution < -0.4 is 0 Å². The van der Waals surface area contributed by atoms with Crippen molar-refractivity contribution in [2.75, 3.05) is 13.1 Å². The van der Waals surface area contributed by atoms with Gasteiger partial charge in [-0.3, -0.25) is 4.98 Å². The van der Waals surface area contributed by atoms with Gasteiger partial charge in [-0.15, -0.1) is 0 Å². The molecule has 2 heteroatoms. The predicted octanol–water partition coefficient (Wildman–Crippen LogP) is 2.00. The van der Waals surface area contributed by atoms with Crippen molar-refractivity contribution in [3.8, 4) is 0 Å². The summed E-state index contributed by atoms with van der Waals surface area (Å²) in [5.41, 5.74) is 2.05. The maximum Gasteiger partial charge on any atom is 0.0856 e. The van der Waals surface area contributed by atoms with Gasteiger partial charge < -0.3 is 4.90 Å². The Labute approximate surface area is 78.9 Å². The van der Waals surface area contributed by atoms with Gasteiger partial charge in [-0.1, -0.05) is 19.6 Å². The number of rotatable bonds is 2. The Morgan fingerprint density at radius 3 is 2.85 bits per heavy atom. The van der Waals surface area contributed by atoms with Gasteiger partial charge in [0.1, 0.15) is 0 Å². The van der Waals surface area contributed by atoms with Crippen LogP contribution in [0.3, 0.4) is 0 Å². The molecule has 1 aliphatic rings. The first-order valence-corrected chi connectivity index (χ1v) is 4.62. The smallest absolute Gasteiger partial charge is 0.0856 e. The Kier molecular flexibility index (Phi) is 2.05. The monoisotopic (exact) mass is 174 g/mol. The topological polar surface area (TPSA) is 16.1 Å². The maximum absolute atomic E-state index is 4.27. The highest BCUT2D eigenvalue weighted by molar-refractivity contribution is 5.58. The van der Waals surface area contributed by atoms with Crippen LogP contribution in [-0.2, 0) is 0 Å². The SMILES string of the molecule is C=C(c1ccccn1)N1CC(C)C1. The van der Waals surface area contributed by atoms with Crippen molar-refractivity contribution in [1.29, 1.82) is 0 Å². The van der Waals surface area contributed by atoms with E-state index in [1.54, 1.807) is 0 Å². The second-order valence-electron chi connectivity index (χ2n) is 3.67. The lowest BCUT2D eigenvalue weighted by molar-refractivity contribution is 0.191. The van der Waals surface area contributed by atoms with Crippen molar-refractivity contribution in [1.82, 2.24) is 9.88 Å². The first-order chi connectivity index (χ1) is 6.27. The van der Waals surface area contributed by atoms with Crippen LogP contribution in [0.4, 0.5) is 0 Å². The van der Waals surface area contributed by atoms with Gasteiger partial charge >= 0.3 is 0 Å². The van der Waals surface area contributed by atoms with Crippen LogP contribution in [0.1, 0.15) is 12.6 Å². The van der Waals surface area contributed by atoms with Crippen LogP contribution >= 0.6 is 0 Å². The molecule has 1 aromatic heterocycles. The lowest BCUT2D eigenvalue weighted by Crippen LogP contribution is -2.43. The lowest BCUT2D eigenvalue weighted by Gasteiger charge is -2.40. The first kappa shape index (κ1) is 8.30. The summed E-state index contributed by atoms with van der Waals surface area (Å²) in [7, 11) is 0. The van der Waals surface area contributed by atoms with Gasteiger partial charge in [0.05, 0.1) is 11.4 Å². The highest BCUT2D eigenvalue weighted by Gasteiger charge is 2.24. The number of aromatic nitrogens is 1. The molecular formula is C11H14N2. The van der Waals surface area contributed by atoms with Gasteiger partial charge in [-0.25, -0.2) is 0 Å².